The van der Waals surface area contributed by atoms with E-state index in [0.29, 0.717) is 24.5 Å². The highest BCUT2D eigenvalue weighted by atomic mass is 35.5. The predicted octanol–water partition coefficient (Wildman–Crippen LogP) is 1.45. The van der Waals surface area contributed by atoms with E-state index in [0.717, 1.165) is 5.56 Å². The van der Waals surface area contributed by atoms with Crippen LogP contribution in [0.15, 0.2) is 24.3 Å². The smallest absolute Gasteiger partial charge is 0.248 e. The summed E-state index contributed by atoms with van der Waals surface area (Å²) in [5, 5.41) is 9.58. The Morgan fingerprint density at radius 2 is 2.11 bits per heavy atom. The van der Waals surface area contributed by atoms with Crippen LogP contribution in [0.4, 0.5) is 0 Å². The first-order chi connectivity index (χ1) is 8.69. The first kappa shape index (κ1) is 13.3. The summed E-state index contributed by atoms with van der Waals surface area (Å²) in [6, 6.07) is 7.44. The minimum absolute atomic E-state index is 0.0147. The number of halogens is 1. The maximum Gasteiger partial charge on any atom is 0.248 e. The fourth-order valence-electron chi connectivity index (χ4n) is 1.96. The largest absolute Gasteiger partial charge is 0.396 e. The number of ether oxygens (including phenoxy) is 1. The minimum atomic E-state index is -0.0694. The zero-order valence-corrected chi connectivity index (χ0v) is 10.8. The molecule has 0 saturated carbocycles. The van der Waals surface area contributed by atoms with Crippen LogP contribution in [-0.2, 0) is 16.1 Å². The molecule has 1 aromatic carbocycles. The Morgan fingerprint density at radius 3 is 2.78 bits per heavy atom. The molecule has 0 bridgehead atoms. The molecule has 18 heavy (non-hydrogen) atoms. The van der Waals surface area contributed by atoms with Crippen molar-refractivity contribution in [2.75, 3.05) is 19.8 Å². The molecule has 1 N–H and O–H groups in total. The lowest BCUT2D eigenvalue weighted by Crippen LogP contribution is -2.46. The number of carbonyl (C=O) groups is 1. The van der Waals surface area contributed by atoms with Crippen LogP contribution in [0.2, 0.25) is 5.02 Å². The highest BCUT2D eigenvalue weighted by molar-refractivity contribution is 6.30. The Kier molecular flexibility index (Phi) is 4.58. The molecule has 1 saturated heterocycles. The van der Waals surface area contributed by atoms with Gasteiger partial charge in [0.2, 0.25) is 5.91 Å². The van der Waals surface area contributed by atoms with E-state index < -0.39 is 0 Å². The number of hydrogen-bond acceptors (Lipinski definition) is 3. The van der Waals surface area contributed by atoms with Crippen LogP contribution in [0.5, 0.6) is 0 Å². The van der Waals surface area contributed by atoms with Crippen LogP contribution in [0.25, 0.3) is 0 Å². The Morgan fingerprint density at radius 1 is 1.39 bits per heavy atom. The van der Waals surface area contributed by atoms with Crippen LogP contribution < -0.4 is 0 Å². The molecule has 0 aromatic heterocycles. The van der Waals surface area contributed by atoms with E-state index in [4.69, 9.17) is 21.4 Å². The molecule has 1 aliphatic heterocycles. The van der Waals surface area contributed by atoms with Gasteiger partial charge in [-0.05, 0) is 24.1 Å². The van der Waals surface area contributed by atoms with E-state index in [1.165, 1.54) is 0 Å². The molecule has 5 heteroatoms. The molecule has 1 fully saturated rings. The number of carbonyl (C=O) groups excluding carboxylic acids is 1. The van der Waals surface area contributed by atoms with Gasteiger partial charge in [0.15, 0.2) is 0 Å². The number of morpholine rings is 1. The quantitative estimate of drug-likeness (QED) is 0.900. The number of amides is 1. The predicted molar refractivity (Wildman–Crippen MR) is 68.3 cm³/mol. The SMILES string of the molecule is O=C1COC(CCO)CN1Cc1ccc(Cl)cc1. The summed E-state index contributed by atoms with van der Waals surface area (Å²) in [5.74, 6) is -0.0147. The second-order valence-corrected chi connectivity index (χ2v) is 4.78. The molecule has 0 radical (unpaired) electrons. The van der Waals surface area contributed by atoms with Crippen molar-refractivity contribution in [2.45, 2.75) is 19.1 Å². The van der Waals surface area contributed by atoms with Gasteiger partial charge in [-0.25, -0.2) is 0 Å². The molecule has 4 nitrogen and oxygen atoms in total. The standard InChI is InChI=1S/C13H16ClNO3/c14-11-3-1-10(2-4-11)7-15-8-12(5-6-16)18-9-13(15)17/h1-4,12,16H,5-9H2. The zero-order chi connectivity index (χ0) is 13.0. The monoisotopic (exact) mass is 269 g/mol. The molecule has 1 aromatic rings. The first-order valence-electron chi connectivity index (χ1n) is 5.93. The summed E-state index contributed by atoms with van der Waals surface area (Å²) in [5.41, 5.74) is 1.04. The summed E-state index contributed by atoms with van der Waals surface area (Å²) in [6.07, 6.45) is 0.490. The van der Waals surface area contributed by atoms with Gasteiger partial charge in [-0.2, -0.15) is 0 Å². The molecule has 1 unspecified atom stereocenters. The third-order valence-corrected chi connectivity index (χ3v) is 3.21. The molecule has 1 aliphatic rings. The average molecular weight is 270 g/mol. The Bertz CT molecular complexity index is 407. The van der Waals surface area contributed by atoms with Gasteiger partial charge in [-0.1, -0.05) is 23.7 Å². The molecule has 0 spiro atoms. The van der Waals surface area contributed by atoms with Crippen LogP contribution in [0.3, 0.4) is 0 Å². The van der Waals surface area contributed by atoms with E-state index >= 15 is 0 Å². The Balaban J connectivity index is 1.98. The number of aliphatic hydroxyl groups excluding tert-OH is 1. The summed E-state index contributed by atoms with van der Waals surface area (Å²) in [7, 11) is 0. The summed E-state index contributed by atoms with van der Waals surface area (Å²) < 4.78 is 5.35. The molecule has 98 valence electrons. The molecular formula is C13H16ClNO3. The molecule has 1 atom stereocenters. The lowest BCUT2D eigenvalue weighted by atomic mass is 10.1. The normalized spacial score (nSPS) is 20.2. The van der Waals surface area contributed by atoms with E-state index in [1.807, 2.05) is 24.3 Å². The van der Waals surface area contributed by atoms with Crippen LogP contribution in [0, 0.1) is 0 Å². The molecule has 1 amide bonds. The van der Waals surface area contributed by atoms with Crippen LogP contribution in [-0.4, -0.2) is 41.8 Å². The highest BCUT2D eigenvalue weighted by Crippen LogP contribution is 2.15. The molecular weight excluding hydrogens is 254 g/mol. The van der Waals surface area contributed by atoms with Crippen molar-refractivity contribution in [1.29, 1.82) is 0 Å². The lowest BCUT2D eigenvalue weighted by Gasteiger charge is -2.32. The molecule has 2 rings (SSSR count). The number of aliphatic hydroxyl groups is 1. The van der Waals surface area contributed by atoms with Crippen molar-refractivity contribution in [3.8, 4) is 0 Å². The van der Waals surface area contributed by atoms with Gasteiger partial charge in [0.1, 0.15) is 6.61 Å². The number of nitrogens with zero attached hydrogens (tertiary/aromatic N) is 1. The average Bonchev–Trinajstić information content (AvgIpc) is 2.36. The fraction of sp³-hybridized carbons (Fsp3) is 0.462. The minimum Gasteiger partial charge on any atom is -0.396 e. The lowest BCUT2D eigenvalue weighted by molar-refractivity contribution is -0.150. The number of rotatable bonds is 4. The van der Waals surface area contributed by atoms with E-state index in [9.17, 15) is 4.79 Å². The van der Waals surface area contributed by atoms with Crippen molar-refractivity contribution < 1.29 is 14.6 Å². The number of benzene rings is 1. The maximum absolute atomic E-state index is 11.7. The number of hydrogen-bond donors (Lipinski definition) is 1. The van der Waals surface area contributed by atoms with Crippen molar-refractivity contribution in [3.05, 3.63) is 34.9 Å². The topological polar surface area (TPSA) is 49.8 Å². The highest BCUT2D eigenvalue weighted by Gasteiger charge is 2.25. The Hall–Kier alpha value is -1.10. The van der Waals surface area contributed by atoms with Gasteiger partial charge in [-0.15, -0.1) is 0 Å². The third kappa shape index (κ3) is 3.45. The van der Waals surface area contributed by atoms with Crippen LogP contribution >= 0.6 is 11.6 Å². The zero-order valence-electron chi connectivity index (χ0n) is 10.0. The van der Waals surface area contributed by atoms with Gasteiger partial charge in [0.05, 0.1) is 6.10 Å². The second-order valence-electron chi connectivity index (χ2n) is 4.35. The Labute approximate surface area is 111 Å². The fourth-order valence-corrected chi connectivity index (χ4v) is 2.09. The van der Waals surface area contributed by atoms with E-state index in [-0.39, 0.29) is 25.2 Å². The molecule has 0 aliphatic carbocycles. The van der Waals surface area contributed by atoms with E-state index in [1.54, 1.807) is 4.90 Å². The summed E-state index contributed by atoms with van der Waals surface area (Å²) >= 11 is 5.82. The maximum atomic E-state index is 11.7. The van der Waals surface area contributed by atoms with Gasteiger partial charge < -0.3 is 14.7 Å². The van der Waals surface area contributed by atoms with Crippen LogP contribution in [0.1, 0.15) is 12.0 Å². The van der Waals surface area contributed by atoms with Crippen molar-refractivity contribution in [3.63, 3.8) is 0 Å². The third-order valence-electron chi connectivity index (χ3n) is 2.96. The van der Waals surface area contributed by atoms with Gasteiger partial charge in [-0.3, -0.25) is 4.79 Å². The van der Waals surface area contributed by atoms with Gasteiger partial charge in [0.25, 0.3) is 0 Å². The van der Waals surface area contributed by atoms with Crippen molar-refractivity contribution in [2.24, 2.45) is 0 Å². The van der Waals surface area contributed by atoms with E-state index in [2.05, 4.69) is 0 Å². The first-order valence-corrected chi connectivity index (χ1v) is 6.31. The van der Waals surface area contributed by atoms with Gasteiger partial charge in [0, 0.05) is 24.7 Å². The van der Waals surface area contributed by atoms with Crippen molar-refractivity contribution in [1.82, 2.24) is 4.90 Å². The van der Waals surface area contributed by atoms with Crippen molar-refractivity contribution >= 4 is 17.5 Å². The summed E-state index contributed by atoms with van der Waals surface area (Å²) in [6.45, 7) is 1.26. The molecule has 1 heterocycles. The van der Waals surface area contributed by atoms with Gasteiger partial charge >= 0.3 is 0 Å². The second kappa shape index (κ2) is 6.18. The summed E-state index contributed by atoms with van der Waals surface area (Å²) in [4.78, 5) is 13.5.